The quantitative estimate of drug-likeness (QED) is 0.816. The van der Waals surface area contributed by atoms with Crippen molar-refractivity contribution in [3.63, 3.8) is 0 Å². The number of aromatic nitrogens is 2. The highest BCUT2D eigenvalue weighted by Gasteiger charge is 2.30. The number of nitrogens with one attached hydrogen (secondary N) is 1. The predicted octanol–water partition coefficient (Wildman–Crippen LogP) is 0.664. The number of aryl methyl sites for hydroxylation is 3. The number of aliphatic hydroxyl groups excluding tert-OH is 1. The molecule has 1 fully saturated rings. The van der Waals surface area contributed by atoms with Gasteiger partial charge in [-0.3, -0.25) is 14.5 Å². The molecule has 2 aromatic rings. The van der Waals surface area contributed by atoms with Gasteiger partial charge in [-0.15, -0.1) is 0 Å². The predicted molar refractivity (Wildman–Crippen MR) is 99.6 cm³/mol. The number of aliphatic hydroxyl groups is 1. The lowest BCUT2D eigenvalue weighted by Crippen LogP contribution is -2.54. The molecule has 2 atom stereocenters. The molecule has 8 nitrogen and oxygen atoms in total. The van der Waals surface area contributed by atoms with Crippen molar-refractivity contribution in [2.24, 2.45) is 7.05 Å². The number of pyridine rings is 1. The van der Waals surface area contributed by atoms with E-state index >= 15 is 0 Å². The number of hydrogen-bond donors (Lipinski definition) is 2. The largest absolute Gasteiger partial charge is 0.390 e. The molecular weight excluding hydrogens is 348 g/mol. The minimum absolute atomic E-state index is 0.0912. The first-order valence-electron chi connectivity index (χ1n) is 9.07. The second-order valence-electron chi connectivity index (χ2n) is 7.23. The van der Waals surface area contributed by atoms with Crippen LogP contribution in [0.5, 0.6) is 0 Å². The lowest BCUT2D eigenvalue weighted by molar-refractivity contribution is 0.0347. The molecule has 2 N–H and O–H groups in total. The molecule has 1 aliphatic heterocycles. The summed E-state index contributed by atoms with van der Waals surface area (Å²) in [6, 6.07) is 2.88. The average Bonchev–Trinajstić information content (AvgIpc) is 2.94. The molecule has 0 saturated carbocycles. The zero-order chi connectivity index (χ0) is 19.7. The van der Waals surface area contributed by atoms with Crippen LogP contribution >= 0.6 is 0 Å². The van der Waals surface area contributed by atoms with Gasteiger partial charge in [-0.25, -0.2) is 0 Å². The number of piperidine rings is 1. The summed E-state index contributed by atoms with van der Waals surface area (Å²) >= 11 is 0. The first-order chi connectivity index (χ1) is 12.8. The summed E-state index contributed by atoms with van der Waals surface area (Å²) in [7, 11) is 1.64. The van der Waals surface area contributed by atoms with E-state index in [2.05, 4.69) is 15.4 Å². The van der Waals surface area contributed by atoms with Crippen LogP contribution in [0.1, 0.15) is 39.5 Å². The van der Waals surface area contributed by atoms with Gasteiger partial charge in [-0.2, -0.15) is 0 Å². The Bertz CT molecular complexity index is 882. The van der Waals surface area contributed by atoms with Crippen molar-refractivity contribution in [1.29, 1.82) is 0 Å². The van der Waals surface area contributed by atoms with Crippen LogP contribution in [0.4, 0.5) is 0 Å². The Morgan fingerprint density at radius 2 is 2.11 bits per heavy atom. The zero-order valence-electron chi connectivity index (χ0n) is 16.2. The maximum Gasteiger partial charge on any atom is 0.263 e. The minimum atomic E-state index is -0.711. The van der Waals surface area contributed by atoms with Crippen LogP contribution in [-0.4, -0.2) is 50.9 Å². The van der Waals surface area contributed by atoms with Crippen molar-refractivity contribution in [2.45, 2.75) is 45.9 Å². The molecular formula is C19H26N4O4. The van der Waals surface area contributed by atoms with Crippen molar-refractivity contribution >= 4 is 5.91 Å². The van der Waals surface area contributed by atoms with Gasteiger partial charge < -0.3 is 19.5 Å². The highest BCUT2D eigenvalue weighted by molar-refractivity contribution is 5.94. The molecule has 0 bridgehead atoms. The summed E-state index contributed by atoms with van der Waals surface area (Å²) < 4.78 is 6.63. The van der Waals surface area contributed by atoms with Crippen LogP contribution in [0.2, 0.25) is 0 Å². The van der Waals surface area contributed by atoms with Gasteiger partial charge in [0.25, 0.3) is 11.5 Å². The fourth-order valence-corrected chi connectivity index (χ4v) is 3.41. The SMILES string of the molecule is Cc1noc(C)c1CN1CC[C@@H](NC(=O)c2ccc(C)n(C)c2=O)[C@H](O)C1. The van der Waals surface area contributed by atoms with Crippen LogP contribution in [0.3, 0.4) is 0 Å². The van der Waals surface area contributed by atoms with Crippen molar-refractivity contribution in [2.75, 3.05) is 13.1 Å². The maximum absolute atomic E-state index is 12.5. The number of carbonyl (C=O) groups is 1. The van der Waals surface area contributed by atoms with Gasteiger partial charge in [0, 0.05) is 37.9 Å². The van der Waals surface area contributed by atoms with E-state index in [1.807, 2.05) is 20.8 Å². The number of nitrogens with zero attached hydrogens (tertiary/aromatic N) is 3. The van der Waals surface area contributed by atoms with E-state index in [4.69, 9.17) is 4.52 Å². The average molecular weight is 374 g/mol. The summed E-state index contributed by atoms with van der Waals surface area (Å²) in [4.78, 5) is 26.9. The van der Waals surface area contributed by atoms with E-state index in [0.717, 1.165) is 29.3 Å². The summed E-state index contributed by atoms with van der Waals surface area (Å²) in [6.07, 6.45) is -0.111. The van der Waals surface area contributed by atoms with Gasteiger partial charge in [0.05, 0.1) is 17.8 Å². The lowest BCUT2D eigenvalue weighted by atomic mass is 10.0. The van der Waals surface area contributed by atoms with E-state index in [1.54, 1.807) is 13.1 Å². The number of β-amino-alcohol motifs (C(OH)–C–C–N with tert-alkyl or cyclic N) is 1. The molecule has 0 radical (unpaired) electrons. The number of rotatable bonds is 4. The number of likely N-dealkylation sites (tertiary alicyclic amines) is 1. The first kappa shape index (κ1) is 19.3. The van der Waals surface area contributed by atoms with E-state index in [0.29, 0.717) is 19.5 Å². The lowest BCUT2D eigenvalue weighted by Gasteiger charge is -2.36. The molecule has 3 heterocycles. The number of carbonyl (C=O) groups excluding carboxylic acids is 1. The molecule has 1 saturated heterocycles. The van der Waals surface area contributed by atoms with Crippen molar-refractivity contribution < 1.29 is 14.4 Å². The Labute approximate surface area is 157 Å². The van der Waals surface area contributed by atoms with Gasteiger partial charge in [0.15, 0.2) is 0 Å². The first-order valence-corrected chi connectivity index (χ1v) is 9.07. The fourth-order valence-electron chi connectivity index (χ4n) is 3.41. The molecule has 0 aromatic carbocycles. The minimum Gasteiger partial charge on any atom is -0.390 e. The molecule has 0 unspecified atom stereocenters. The summed E-state index contributed by atoms with van der Waals surface area (Å²) in [5.41, 5.74) is 2.43. The summed E-state index contributed by atoms with van der Waals surface area (Å²) in [5, 5.41) is 17.3. The van der Waals surface area contributed by atoms with Gasteiger partial charge in [-0.05, 0) is 39.3 Å². The Balaban J connectivity index is 1.63. The van der Waals surface area contributed by atoms with Crippen molar-refractivity contribution in [3.05, 3.63) is 50.8 Å². The van der Waals surface area contributed by atoms with Gasteiger partial charge in [0.2, 0.25) is 0 Å². The Kier molecular flexibility index (Phi) is 5.48. The van der Waals surface area contributed by atoms with Crippen LogP contribution in [0.15, 0.2) is 21.5 Å². The van der Waals surface area contributed by atoms with Crippen LogP contribution < -0.4 is 10.9 Å². The molecule has 1 aliphatic rings. The summed E-state index contributed by atoms with van der Waals surface area (Å²) in [5.74, 6) is 0.339. The Morgan fingerprint density at radius 1 is 1.37 bits per heavy atom. The van der Waals surface area contributed by atoms with Crippen LogP contribution in [0, 0.1) is 20.8 Å². The molecule has 27 heavy (non-hydrogen) atoms. The van der Waals surface area contributed by atoms with Crippen LogP contribution in [-0.2, 0) is 13.6 Å². The van der Waals surface area contributed by atoms with Gasteiger partial charge in [-0.1, -0.05) is 5.16 Å². The number of hydrogen-bond acceptors (Lipinski definition) is 6. The molecule has 2 aromatic heterocycles. The third-order valence-electron chi connectivity index (χ3n) is 5.35. The molecule has 0 spiro atoms. The molecule has 1 amide bonds. The normalized spacial score (nSPS) is 20.6. The Hall–Kier alpha value is -2.45. The van der Waals surface area contributed by atoms with Crippen molar-refractivity contribution in [1.82, 2.24) is 19.9 Å². The highest BCUT2D eigenvalue weighted by atomic mass is 16.5. The monoisotopic (exact) mass is 374 g/mol. The van der Waals surface area contributed by atoms with E-state index in [1.165, 1.54) is 10.6 Å². The summed E-state index contributed by atoms with van der Waals surface area (Å²) in [6.45, 7) is 7.38. The van der Waals surface area contributed by atoms with Crippen molar-refractivity contribution in [3.8, 4) is 0 Å². The second kappa shape index (κ2) is 7.66. The van der Waals surface area contributed by atoms with Crippen LogP contribution in [0.25, 0.3) is 0 Å². The third-order valence-corrected chi connectivity index (χ3v) is 5.35. The van der Waals surface area contributed by atoms with Gasteiger partial charge >= 0.3 is 0 Å². The van der Waals surface area contributed by atoms with E-state index < -0.39 is 12.0 Å². The Morgan fingerprint density at radius 3 is 2.74 bits per heavy atom. The van der Waals surface area contributed by atoms with E-state index in [-0.39, 0.29) is 17.2 Å². The zero-order valence-corrected chi connectivity index (χ0v) is 16.2. The topological polar surface area (TPSA) is 101 Å². The highest BCUT2D eigenvalue weighted by Crippen LogP contribution is 2.19. The second-order valence-corrected chi connectivity index (χ2v) is 7.23. The third kappa shape index (κ3) is 3.96. The smallest absolute Gasteiger partial charge is 0.263 e. The fraction of sp³-hybridized carbons (Fsp3) is 0.526. The molecule has 8 heteroatoms. The van der Waals surface area contributed by atoms with E-state index in [9.17, 15) is 14.7 Å². The molecule has 0 aliphatic carbocycles. The molecule has 146 valence electrons. The number of amides is 1. The van der Waals surface area contributed by atoms with Gasteiger partial charge in [0.1, 0.15) is 11.3 Å². The molecule has 3 rings (SSSR count). The maximum atomic E-state index is 12.5. The standard InChI is InChI=1S/C19H26N4O4/c1-11-5-6-14(19(26)22(11)4)18(25)20-16-7-8-23(10-17(16)24)9-15-12(2)21-27-13(15)3/h5-6,16-17,24H,7-10H2,1-4H3,(H,20,25)/t16-,17-/m1/s1.